The first-order chi connectivity index (χ1) is 13.3. The summed E-state index contributed by atoms with van der Waals surface area (Å²) in [6.07, 6.45) is 0. The molecule has 0 saturated carbocycles. The normalized spacial score (nSPS) is 10.2. The van der Waals surface area contributed by atoms with Crippen LogP contribution in [0.25, 0.3) is 33.4 Å². The fraction of sp³-hybridized carbons (Fsp3) is 0.0400. The van der Waals surface area contributed by atoms with E-state index in [0.29, 0.717) is 0 Å². The van der Waals surface area contributed by atoms with Crippen molar-refractivity contribution in [2.24, 2.45) is 0 Å². The molecule has 4 aromatic rings. The predicted octanol–water partition coefficient (Wildman–Crippen LogP) is 6.77. The Morgan fingerprint density at radius 3 is 1.50 bits per heavy atom. The average molecular weight is 449 g/mol. The second kappa shape index (κ2) is 9.19. The Balaban J connectivity index is 0.00000225. The molecule has 1 atom stereocenters. The largest absolute Gasteiger partial charge is 0.495 e. The van der Waals surface area contributed by atoms with Crippen LogP contribution in [0.5, 0.6) is 5.75 Å². The van der Waals surface area contributed by atoms with Gasteiger partial charge in [0.15, 0.2) is 0 Å². The van der Waals surface area contributed by atoms with E-state index < -0.39 is 0 Å². The number of methoxy groups -OCH3 is 1. The molecule has 0 aromatic heterocycles. The Morgan fingerprint density at radius 2 is 1.04 bits per heavy atom. The molecule has 3 heteroatoms. The van der Waals surface area contributed by atoms with Gasteiger partial charge >= 0.3 is 0 Å². The maximum absolute atomic E-state index is 5.86. The Bertz CT molecular complexity index is 1050. The van der Waals surface area contributed by atoms with Gasteiger partial charge < -0.3 is 4.74 Å². The molecule has 0 aliphatic carbocycles. The zero-order chi connectivity index (χ0) is 18.6. The highest BCUT2D eigenvalue weighted by molar-refractivity contribution is 8.93. The van der Waals surface area contributed by atoms with Gasteiger partial charge in [-0.25, -0.2) is 0 Å². The van der Waals surface area contributed by atoms with Crippen LogP contribution in [0, 0.1) is 0 Å². The van der Waals surface area contributed by atoms with Gasteiger partial charge in [0.2, 0.25) is 0 Å². The molecule has 0 radical (unpaired) electrons. The monoisotopic (exact) mass is 448 g/mol. The number of halogens is 1. The topological polar surface area (TPSA) is 9.23 Å². The number of hydrogen-bond acceptors (Lipinski definition) is 1. The van der Waals surface area contributed by atoms with Crippen molar-refractivity contribution in [3.8, 4) is 39.1 Å². The Hall–Kier alpha value is -2.41. The van der Waals surface area contributed by atoms with Gasteiger partial charge in [0.1, 0.15) is 5.75 Å². The van der Waals surface area contributed by atoms with Crippen LogP contribution in [0.1, 0.15) is 0 Å². The number of ether oxygens (including phenoxy) is 1. The van der Waals surface area contributed by atoms with Crippen LogP contribution in [0.4, 0.5) is 0 Å². The molecule has 0 aliphatic rings. The van der Waals surface area contributed by atoms with Crippen LogP contribution < -0.4 is 10.0 Å². The van der Waals surface area contributed by atoms with Gasteiger partial charge in [-0.05, 0) is 28.3 Å². The van der Waals surface area contributed by atoms with E-state index in [1.165, 1.54) is 22.3 Å². The van der Waals surface area contributed by atoms with Gasteiger partial charge in [0.05, 0.1) is 7.11 Å². The lowest BCUT2D eigenvalue weighted by Gasteiger charge is -2.21. The van der Waals surface area contributed by atoms with Crippen molar-refractivity contribution in [1.82, 2.24) is 0 Å². The van der Waals surface area contributed by atoms with E-state index in [1.807, 2.05) is 6.07 Å². The van der Waals surface area contributed by atoms with E-state index in [2.05, 4.69) is 100 Å². The van der Waals surface area contributed by atoms with Crippen LogP contribution in [0.15, 0.2) is 97.1 Å². The third-order valence-electron chi connectivity index (χ3n) is 4.72. The average Bonchev–Trinajstić information content (AvgIpc) is 2.75. The zero-order valence-electron chi connectivity index (χ0n) is 15.6. The maximum atomic E-state index is 5.86. The lowest BCUT2D eigenvalue weighted by atomic mass is 9.87. The highest BCUT2D eigenvalue weighted by Crippen LogP contribution is 2.44. The summed E-state index contributed by atoms with van der Waals surface area (Å²) >= 11 is 0. The van der Waals surface area contributed by atoms with E-state index in [0.717, 1.165) is 22.2 Å². The third-order valence-corrected chi connectivity index (χ3v) is 5.15. The van der Waals surface area contributed by atoms with E-state index >= 15 is 0 Å². The molecule has 0 heterocycles. The molecular formula is C25H22BrOP. The van der Waals surface area contributed by atoms with Crippen molar-refractivity contribution in [2.45, 2.75) is 0 Å². The third kappa shape index (κ3) is 3.90. The minimum absolute atomic E-state index is 0. The van der Waals surface area contributed by atoms with Crippen molar-refractivity contribution >= 4 is 31.5 Å². The first kappa shape index (κ1) is 20.3. The molecule has 28 heavy (non-hydrogen) atoms. The summed E-state index contributed by atoms with van der Waals surface area (Å²) in [4.78, 5) is 0. The van der Waals surface area contributed by atoms with Crippen LogP contribution in [0.3, 0.4) is 0 Å². The van der Waals surface area contributed by atoms with Gasteiger partial charge in [0.25, 0.3) is 0 Å². The molecule has 0 amide bonds. The molecule has 4 rings (SSSR count). The Morgan fingerprint density at radius 1 is 0.607 bits per heavy atom. The summed E-state index contributed by atoms with van der Waals surface area (Å²) in [6, 6.07) is 33.7. The molecule has 0 spiro atoms. The zero-order valence-corrected chi connectivity index (χ0v) is 18.5. The predicted molar refractivity (Wildman–Crippen MR) is 129 cm³/mol. The van der Waals surface area contributed by atoms with Crippen molar-refractivity contribution < 1.29 is 4.74 Å². The van der Waals surface area contributed by atoms with Crippen molar-refractivity contribution in [3.05, 3.63) is 97.1 Å². The summed E-state index contributed by atoms with van der Waals surface area (Å²) in [5, 5.41) is 1.05. The van der Waals surface area contributed by atoms with E-state index in [9.17, 15) is 0 Å². The summed E-state index contributed by atoms with van der Waals surface area (Å²) in [7, 11) is 4.58. The summed E-state index contributed by atoms with van der Waals surface area (Å²) in [5.74, 6) is 0.893. The summed E-state index contributed by atoms with van der Waals surface area (Å²) in [5.41, 5.74) is 7.03. The fourth-order valence-corrected chi connectivity index (χ4v) is 3.96. The van der Waals surface area contributed by atoms with Crippen LogP contribution in [-0.2, 0) is 0 Å². The molecule has 0 fully saturated rings. The van der Waals surface area contributed by atoms with E-state index in [-0.39, 0.29) is 17.0 Å². The second-order valence-electron chi connectivity index (χ2n) is 6.39. The number of rotatable bonds is 4. The summed E-state index contributed by atoms with van der Waals surface area (Å²) in [6.45, 7) is 0. The van der Waals surface area contributed by atoms with E-state index in [4.69, 9.17) is 4.74 Å². The molecular weight excluding hydrogens is 427 g/mol. The molecule has 0 aliphatic heterocycles. The molecule has 140 valence electrons. The van der Waals surface area contributed by atoms with Gasteiger partial charge in [-0.1, -0.05) is 91.0 Å². The second-order valence-corrected chi connectivity index (χ2v) is 7.02. The van der Waals surface area contributed by atoms with Crippen molar-refractivity contribution in [3.63, 3.8) is 0 Å². The van der Waals surface area contributed by atoms with Gasteiger partial charge in [0, 0.05) is 16.4 Å². The SMILES string of the molecule is Br.COc1c(P)cc(-c2ccccc2)c(-c2ccccc2)c1-c1ccccc1. The van der Waals surface area contributed by atoms with Crippen molar-refractivity contribution in [1.29, 1.82) is 0 Å². The first-order valence-corrected chi connectivity index (χ1v) is 9.54. The Labute approximate surface area is 179 Å². The smallest absolute Gasteiger partial charge is 0.134 e. The molecule has 0 saturated heterocycles. The maximum Gasteiger partial charge on any atom is 0.134 e. The lowest BCUT2D eigenvalue weighted by molar-refractivity contribution is 0.420. The van der Waals surface area contributed by atoms with E-state index in [1.54, 1.807) is 7.11 Å². The molecule has 0 N–H and O–H groups in total. The quantitative estimate of drug-likeness (QED) is 0.312. The van der Waals surface area contributed by atoms with Crippen LogP contribution in [0.2, 0.25) is 0 Å². The van der Waals surface area contributed by atoms with Crippen LogP contribution >= 0.6 is 26.2 Å². The van der Waals surface area contributed by atoms with Gasteiger partial charge in [-0.2, -0.15) is 0 Å². The minimum atomic E-state index is 0. The number of benzene rings is 4. The number of hydrogen-bond donors (Lipinski definition) is 0. The Kier molecular flexibility index (Phi) is 6.67. The highest BCUT2D eigenvalue weighted by Gasteiger charge is 2.20. The molecule has 4 aromatic carbocycles. The first-order valence-electron chi connectivity index (χ1n) is 8.96. The standard InChI is InChI=1S/C25H21OP.BrH/c1-26-25-22(27)17-21(18-11-5-2-6-12-18)23(19-13-7-3-8-14-19)24(25)20-15-9-4-10-16-20;/h2-17H,27H2,1H3;1H. The van der Waals surface area contributed by atoms with Crippen molar-refractivity contribution in [2.75, 3.05) is 7.11 Å². The molecule has 0 bridgehead atoms. The lowest BCUT2D eigenvalue weighted by Crippen LogP contribution is -2.05. The van der Waals surface area contributed by atoms with Gasteiger partial charge in [-0.15, -0.1) is 26.2 Å². The molecule has 1 nitrogen and oxygen atoms in total. The minimum Gasteiger partial charge on any atom is -0.495 e. The van der Waals surface area contributed by atoms with Crippen LogP contribution in [-0.4, -0.2) is 7.11 Å². The highest BCUT2D eigenvalue weighted by atomic mass is 79.9. The van der Waals surface area contributed by atoms with Gasteiger partial charge in [-0.3, -0.25) is 0 Å². The fourth-order valence-electron chi connectivity index (χ4n) is 3.54. The summed E-state index contributed by atoms with van der Waals surface area (Å²) < 4.78 is 5.86. The molecule has 1 unspecified atom stereocenters.